The molecule has 1 atom stereocenters. The largest absolute Gasteiger partial charge is 0.444 e. The van der Waals surface area contributed by atoms with Crippen molar-refractivity contribution in [1.82, 2.24) is 19.6 Å². The zero-order chi connectivity index (χ0) is 25.2. The van der Waals surface area contributed by atoms with Gasteiger partial charge in [-0.2, -0.15) is 5.10 Å². The van der Waals surface area contributed by atoms with E-state index in [1.54, 1.807) is 12.0 Å². The molecule has 9 heteroatoms. The van der Waals surface area contributed by atoms with Crippen molar-refractivity contribution in [2.24, 2.45) is 0 Å². The molecule has 0 radical (unpaired) electrons. The summed E-state index contributed by atoms with van der Waals surface area (Å²) >= 11 is 0. The first-order valence-electron chi connectivity index (χ1n) is 12.5. The van der Waals surface area contributed by atoms with Crippen LogP contribution in [0.25, 0.3) is 10.9 Å². The normalized spacial score (nSPS) is 18.7. The van der Waals surface area contributed by atoms with E-state index in [0.717, 1.165) is 48.0 Å². The van der Waals surface area contributed by atoms with E-state index in [4.69, 9.17) is 19.3 Å². The summed E-state index contributed by atoms with van der Waals surface area (Å²) in [5.74, 6) is -0.0642. The topological polar surface area (TPSA) is 86.1 Å². The molecule has 1 saturated carbocycles. The lowest BCUT2D eigenvalue weighted by Gasteiger charge is -2.36. The first-order valence-corrected chi connectivity index (χ1v) is 12.5. The Hall–Kier alpha value is -2.65. The fraction of sp³-hybridized carbons (Fsp3) is 0.654. The number of rotatable bonds is 8. The molecule has 1 aromatic heterocycles. The molecule has 35 heavy (non-hydrogen) atoms. The van der Waals surface area contributed by atoms with Crippen molar-refractivity contribution in [3.63, 3.8) is 0 Å². The Morgan fingerprint density at radius 3 is 2.71 bits per heavy atom. The van der Waals surface area contributed by atoms with Gasteiger partial charge in [-0.25, -0.2) is 4.79 Å². The molecular weight excluding hydrogens is 448 g/mol. The highest BCUT2D eigenvalue weighted by molar-refractivity contribution is 5.84. The van der Waals surface area contributed by atoms with Gasteiger partial charge in [-0.1, -0.05) is 12.1 Å². The first kappa shape index (κ1) is 25.4. The summed E-state index contributed by atoms with van der Waals surface area (Å²) in [7, 11) is 1.71. The van der Waals surface area contributed by atoms with Crippen LogP contribution in [-0.2, 0) is 32.1 Å². The van der Waals surface area contributed by atoms with Crippen LogP contribution < -0.4 is 0 Å². The van der Waals surface area contributed by atoms with Gasteiger partial charge in [-0.05, 0) is 58.6 Å². The Bertz CT molecular complexity index is 1060. The van der Waals surface area contributed by atoms with Crippen LogP contribution in [0.2, 0.25) is 0 Å². The minimum Gasteiger partial charge on any atom is -0.444 e. The summed E-state index contributed by atoms with van der Waals surface area (Å²) in [6.45, 7) is 10.5. The van der Waals surface area contributed by atoms with E-state index >= 15 is 0 Å². The third-order valence-corrected chi connectivity index (χ3v) is 6.34. The average Bonchev–Trinajstić information content (AvgIpc) is 3.61. The van der Waals surface area contributed by atoms with Crippen molar-refractivity contribution in [2.45, 2.75) is 77.8 Å². The molecule has 0 bridgehead atoms. The molecule has 0 N–H and O–H groups in total. The van der Waals surface area contributed by atoms with Gasteiger partial charge in [0.25, 0.3) is 5.91 Å². The number of fused-ring (bicyclic) bond motifs is 1. The second-order valence-electron chi connectivity index (χ2n) is 10.5. The lowest BCUT2D eigenvalue weighted by atomic mass is 10.1. The van der Waals surface area contributed by atoms with Crippen LogP contribution in [0.15, 0.2) is 18.2 Å². The molecule has 9 nitrogen and oxygen atoms in total. The predicted octanol–water partition coefficient (Wildman–Crippen LogP) is 3.51. The molecule has 1 aliphatic carbocycles. The second kappa shape index (κ2) is 10.5. The highest BCUT2D eigenvalue weighted by Gasteiger charge is 2.39. The summed E-state index contributed by atoms with van der Waals surface area (Å²) in [5, 5.41) is 5.82. The molecule has 1 saturated heterocycles. The van der Waals surface area contributed by atoms with Crippen LogP contribution in [0.5, 0.6) is 0 Å². The minimum absolute atomic E-state index is 0.0642. The number of morpholine rings is 1. The smallest absolute Gasteiger partial charge is 0.410 e. The number of aromatic nitrogens is 2. The lowest BCUT2D eigenvalue weighted by molar-refractivity contribution is -0.150. The zero-order valence-corrected chi connectivity index (χ0v) is 21.6. The SMILES string of the molecule is COCCCn1nc(C)c2ccc(CN(C(=O)[C@H]3CN(C(=O)OC(C)(C)C)CCO3)C3CC3)cc21. The summed E-state index contributed by atoms with van der Waals surface area (Å²) in [6, 6.07) is 6.52. The van der Waals surface area contributed by atoms with Crippen LogP contribution in [0.4, 0.5) is 4.79 Å². The Morgan fingerprint density at radius 1 is 1.26 bits per heavy atom. The summed E-state index contributed by atoms with van der Waals surface area (Å²) < 4.78 is 18.5. The number of hydrogen-bond donors (Lipinski definition) is 0. The number of nitrogens with zero attached hydrogens (tertiary/aromatic N) is 4. The van der Waals surface area contributed by atoms with Crippen molar-refractivity contribution < 1.29 is 23.8 Å². The standard InChI is InChI=1S/C26H38N4O5/c1-18-21-10-7-19(15-22(21)30(27-18)11-6-13-33-5)16-29(20-8-9-20)24(31)23-17-28(12-14-34-23)25(32)35-26(2,3)4/h7,10,15,20,23H,6,8-9,11-14,16-17H2,1-5H3/t23-/m1/s1. The second-order valence-corrected chi connectivity index (χ2v) is 10.5. The first-order chi connectivity index (χ1) is 16.7. The molecule has 2 heterocycles. The van der Waals surface area contributed by atoms with E-state index in [9.17, 15) is 9.59 Å². The maximum atomic E-state index is 13.5. The molecule has 192 valence electrons. The maximum absolute atomic E-state index is 13.5. The highest BCUT2D eigenvalue weighted by Crippen LogP contribution is 2.31. The Balaban J connectivity index is 1.47. The van der Waals surface area contributed by atoms with Crippen molar-refractivity contribution in [2.75, 3.05) is 33.4 Å². The van der Waals surface area contributed by atoms with Gasteiger partial charge in [0.05, 0.1) is 24.4 Å². The Kier molecular flexibility index (Phi) is 7.66. The van der Waals surface area contributed by atoms with Gasteiger partial charge in [-0.15, -0.1) is 0 Å². The molecule has 2 aliphatic rings. The number of aryl methyl sites for hydroxylation is 2. The molecule has 0 unspecified atom stereocenters. The lowest BCUT2D eigenvalue weighted by Crippen LogP contribution is -2.53. The third kappa shape index (κ3) is 6.32. The zero-order valence-electron chi connectivity index (χ0n) is 21.6. The van der Waals surface area contributed by atoms with Crippen molar-refractivity contribution in [1.29, 1.82) is 0 Å². The van der Waals surface area contributed by atoms with Crippen LogP contribution in [0.1, 0.15) is 51.3 Å². The highest BCUT2D eigenvalue weighted by atomic mass is 16.6. The van der Waals surface area contributed by atoms with Crippen LogP contribution in [0.3, 0.4) is 0 Å². The van der Waals surface area contributed by atoms with Gasteiger partial charge in [-0.3, -0.25) is 9.48 Å². The fourth-order valence-corrected chi connectivity index (χ4v) is 4.46. The summed E-state index contributed by atoms with van der Waals surface area (Å²) in [4.78, 5) is 29.6. The minimum atomic E-state index is -0.678. The molecule has 2 amide bonds. The number of ether oxygens (including phenoxy) is 3. The monoisotopic (exact) mass is 486 g/mol. The van der Waals surface area contributed by atoms with Gasteiger partial charge in [0, 0.05) is 44.8 Å². The van der Waals surface area contributed by atoms with Gasteiger partial charge in [0.2, 0.25) is 0 Å². The number of amides is 2. The van der Waals surface area contributed by atoms with Gasteiger partial charge in [0.15, 0.2) is 6.10 Å². The average molecular weight is 487 g/mol. The summed E-state index contributed by atoms with van der Waals surface area (Å²) in [5.41, 5.74) is 2.55. The molecular formula is C26H38N4O5. The van der Waals surface area contributed by atoms with Gasteiger partial charge in [0.1, 0.15) is 5.60 Å². The molecule has 1 aliphatic heterocycles. The van der Waals surface area contributed by atoms with Crippen LogP contribution in [-0.4, -0.2) is 82.7 Å². The predicted molar refractivity (Wildman–Crippen MR) is 132 cm³/mol. The number of carbonyl (C=O) groups excluding carboxylic acids is 2. The Morgan fingerprint density at radius 2 is 2.03 bits per heavy atom. The number of methoxy groups -OCH3 is 1. The van der Waals surface area contributed by atoms with Crippen LogP contribution in [0, 0.1) is 6.92 Å². The Labute approximate surface area is 207 Å². The fourth-order valence-electron chi connectivity index (χ4n) is 4.46. The van der Waals surface area contributed by atoms with E-state index in [-0.39, 0.29) is 18.5 Å². The van der Waals surface area contributed by atoms with Crippen molar-refractivity contribution in [3.8, 4) is 0 Å². The number of benzene rings is 1. The van der Waals surface area contributed by atoms with Gasteiger partial charge >= 0.3 is 6.09 Å². The van der Waals surface area contributed by atoms with E-state index in [0.29, 0.717) is 26.3 Å². The van der Waals surface area contributed by atoms with Gasteiger partial charge < -0.3 is 24.0 Å². The van der Waals surface area contributed by atoms with Crippen molar-refractivity contribution >= 4 is 22.9 Å². The van der Waals surface area contributed by atoms with E-state index in [1.165, 1.54) is 0 Å². The molecule has 2 aromatic rings. The molecule has 4 rings (SSSR count). The van der Waals surface area contributed by atoms with E-state index in [2.05, 4.69) is 18.2 Å². The number of carbonyl (C=O) groups is 2. The quantitative estimate of drug-likeness (QED) is 0.531. The van der Waals surface area contributed by atoms with Crippen LogP contribution >= 0.6 is 0 Å². The summed E-state index contributed by atoms with van der Waals surface area (Å²) in [6.07, 6.45) is 1.79. The maximum Gasteiger partial charge on any atom is 0.410 e. The molecule has 0 spiro atoms. The van der Waals surface area contributed by atoms with Crippen molar-refractivity contribution in [3.05, 3.63) is 29.5 Å². The van der Waals surface area contributed by atoms with E-state index < -0.39 is 17.8 Å². The molecule has 2 fully saturated rings. The third-order valence-electron chi connectivity index (χ3n) is 6.34. The number of hydrogen-bond acceptors (Lipinski definition) is 6. The van der Waals surface area contributed by atoms with E-state index in [1.807, 2.05) is 37.3 Å². The molecule has 1 aromatic carbocycles.